The molecule has 38 heavy (non-hydrogen) atoms. The number of hydrogen-bond donors (Lipinski definition) is 6. The molecule has 1 aliphatic rings. The van der Waals surface area contributed by atoms with Crippen LogP contribution in [0.4, 0.5) is 4.79 Å². The quantitative estimate of drug-likeness (QED) is 0.158. The molecule has 1 aliphatic heterocycles. The van der Waals surface area contributed by atoms with Gasteiger partial charge in [0.1, 0.15) is 17.3 Å². The van der Waals surface area contributed by atoms with Crippen molar-refractivity contribution < 1.29 is 34.1 Å². The highest BCUT2D eigenvalue weighted by atomic mass is 79.9. The number of benzene rings is 1. The molecule has 0 bridgehead atoms. The third kappa shape index (κ3) is 11.6. The van der Waals surface area contributed by atoms with Crippen molar-refractivity contribution in [3.05, 3.63) is 56.7 Å². The summed E-state index contributed by atoms with van der Waals surface area (Å²) >= 11 is 6.26. The molecule has 0 spiro atoms. The highest BCUT2D eigenvalue weighted by Gasteiger charge is 2.36. The number of halogens is 2. The minimum atomic E-state index is -0.966. The van der Waals surface area contributed by atoms with Gasteiger partial charge in [-0.1, -0.05) is 30.3 Å². The average molecular weight is 663 g/mol. The van der Waals surface area contributed by atoms with Gasteiger partial charge in [-0.3, -0.25) is 15.1 Å². The van der Waals surface area contributed by atoms with Crippen molar-refractivity contribution in [3.8, 4) is 0 Å². The summed E-state index contributed by atoms with van der Waals surface area (Å²) in [7, 11) is 0. The Bertz CT molecular complexity index is 1070. The van der Waals surface area contributed by atoms with Crippen LogP contribution in [0.25, 0.3) is 0 Å². The molecule has 2 atom stereocenters. The molecule has 1 aromatic carbocycles. The molecule has 1 aromatic heterocycles. The van der Waals surface area contributed by atoms with Gasteiger partial charge in [-0.15, -0.1) is 0 Å². The van der Waals surface area contributed by atoms with E-state index >= 15 is 0 Å². The molecule has 3 rings (SSSR count). The van der Waals surface area contributed by atoms with E-state index in [1.807, 2.05) is 35.8 Å². The fraction of sp³-hybridized carbons (Fsp3) is 0.417. The number of carbonyl (C=O) groups is 4. The molecule has 0 unspecified atom stereocenters. The number of carbonyl (C=O) groups excluding carboxylic acids is 2. The van der Waals surface area contributed by atoms with E-state index in [9.17, 15) is 19.2 Å². The van der Waals surface area contributed by atoms with Gasteiger partial charge >= 0.3 is 18.0 Å². The Morgan fingerprint density at radius 1 is 1.18 bits per heavy atom. The van der Waals surface area contributed by atoms with E-state index in [1.165, 1.54) is 11.0 Å². The topological polar surface area (TPSA) is 201 Å². The first-order valence-electron chi connectivity index (χ1n) is 11.5. The Balaban J connectivity index is 0.000000291. The largest absolute Gasteiger partial charge is 0.480 e. The van der Waals surface area contributed by atoms with Crippen molar-refractivity contribution >= 4 is 55.8 Å². The molecular formula is C24H33Br2N5O7. The van der Waals surface area contributed by atoms with Crippen molar-refractivity contribution in [2.75, 3.05) is 6.54 Å². The van der Waals surface area contributed by atoms with Gasteiger partial charge in [0.05, 0.1) is 15.1 Å². The van der Waals surface area contributed by atoms with Crippen LogP contribution in [0.1, 0.15) is 49.7 Å². The number of amides is 2. The SMILES string of the molecule is CC(C)(C)OC(=O)N1CCC[C@H]1C(=O)O.NNC(=O)[C@@H](N)Cc1ccccc1.O=C(O)c1cc(Br)c(Br)[nH]1. The molecule has 0 radical (unpaired) electrons. The van der Waals surface area contributed by atoms with Crippen molar-refractivity contribution in [1.82, 2.24) is 15.3 Å². The predicted octanol–water partition coefficient (Wildman–Crippen LogP) is 3.25. The van der Waals surface area contributed by atoms with Crippen LogP contribution >= 0.6 is 31.9 Å². The second-order valence-electron chi connectivity index (χ2n) is 9.12. The van der Waals surface area contributed by atoms with E-state index in [4.69, 9.17) is 26.5 Å². The van der Waals surface area contributed by atoms with Crippen LogP contribution in [0.2, 0.25) is 0 Å². The molecular weight excluding hydrogens is 630 g/mol. The summed E-state index contributed by atoms with van der Waals surface area (Å²) < 4.78 is 6.48. The molecule has 14 heteroatoms. The number of nitrogens with one attached hydrogen (secondary N) is 2. The Hall–Kier alpha value is -2.94. The Morgan fingerprint density at radius 3 is 2.21 bits per heavy atom. The number of rotatable bonds is 5. The molecule has 2 aromatic rings. The number of nitrogens with zero attached hydrogens (tertiary/aromatic N) is 1. The molecule has 1 fully saturated rings. The zero-order valence-corrected chi connectivity index (χ0v) is 24.4. The van der Waals surface area contributed by atoms with Crippen LogP contribution in [0.3, 0.4) is 0 Å². The minimum Gasteiger partial charge on any atom is -0.480 e. The highest BCUT2D eigenvalue weighted by Crippen LogP contribution is 2.23. The summed E-state index contributed by atoms with van der Waals surface area (Å²) in [5.41, 5.74) is 8.20. The van der Waals surface area contributed by atoms with Gasteiger partial charge in [-0.05, 0) is 83.5 Å². The first kappa shape index (κ1) is 33.1. The third-order valence-electron chi connectivity index (χ3n) is 4.90. The highest BCUT2D eigenvalue weighted by molar-refractivity contribution is 9.13. The lowest BCUT2D eigenvalue weighted by atomic mass is 10.1. The molecule has 2 heterocycles. The van der Waals surface area contributed by atoms with Gasteiger partial charge in [0.2, 0.25) is 0 Å². The second kappa shape index (κ2) is 15.5. The van der Waals surface area contributed by atoms with Crippen LogP contribution in [-0.2, 0) is 20.7 Å². The number of aliphatic carboxylic acids is 1. The lowest BCUT2D eigenvalue weighted by Crippen LogP contribution is -2.45. The molecule has 8 N–H and O–H groups in total. The van der Waals surface area contributed by atoms with Crippen molar-refractivity contribution in [2.45, 2.75) is 57.7 Å². The zero-order valence-electron chi connectivity index (χ0n) is 21.2. The lowest BCUT2D eigenvalue weighted by Gasteiger charge is -2.26. The summed E-state index contributed by atoms with van der Waals surface area (Å²) in [6.07, 6.45) is 1.20. The summed E-state index contributed by atoms with van der Waals surface area (Å²) in [6, 6.07) is 9.76. The van der Waals surface area contributed by atoms with Gasteiger partial charge in [0, 0.05) is 6.54 Å². The maximum Gasteiger partial charge on any atom is 0.411 e. The number of ether oxygens (including phenoxy) is 1. The average Bonchev–Trinajstić information content (AvgIpc) is 3.46. The standard InChI is InChI=1S/C10H17NO4.C9H13N3O.C5H3Br2NO2/c1-10(2,3)15-9(14)11-6-4-5-7(11)8(12)13;10-8(9(13)12-11)6-7-4-2-1-3-5-7;6-2-1-3(5(9)10)8-4(2)7/h7H,4-6H2,1-3H3,(H,12,13);1-5,8H,6,10-11H2,(H,12,13);1,8H,(H,9,10)/t7-;8-;/m00./s1. The molecule has 12 nitrogen and oxygen atoms in total. The van der Waals surface area contributed by atoms with E-state index in [1.54, 1.807) is 20.8 Å². The molecule has 2 amide bonds. The zero-order chi connectivity index (χ0) is 29.0. The number of aromatic carboxylic acids is 1. The normalized spacial score (nSPS) is 15.2. The Morgan fingerprint density at radius 2 is 1.79 bits per heavy atom. The smallest absolute Gasteiger partial charge is 0.411 e. The number of H-pyrrole nitrogens is 1. The van der Waals surface area contributed by atoms with E-state index < -0.39 is 35.7 Å². The predicted molar refractivity (Wildman–Crippen MR) is 147 cm³/mol. The maximum absolute atomic E-state index is 11.6. The van der Waals surface area contributed by atoms with Crippen molar-refractivity contribution in [2.24, 2.45) is 11.6 Å². The fourth-order valence-electron chi connectivity index (χ4n) is 3.15. The number of aromatic amines is 1. The lowest BCUT2D eigenvalue weighted by molar-refractivity contribution is -0.142. The third-order valence-corrected chi connectivity index (χ3v) is 6.68. The number of carboxylic acid groups (broad SMARTS) is 2. The van der Waals surface area contributed by atoms with Crippen LogP contribution in [0, 0.1) is 0 Å². The fourth-order valence-corrected chi connectivity index (χ4v) is 3.81. The number of nitrogens with two attached hydrogens (primary N) is 2. The summed E-state index contributed by atoms with van der Waals surface area (Å²) in [5.74, 6) is 2.68. The van der Waals surface area contributed by atoms with E-state index in [-0.39, 0.29) is 11.6 Å². The maximum atomic E-state index is 11.6. The van der Waals surface area contributed by atoms with Gasteiger partial charge in [-0.25, -0.2) is 20.2 Å². The van der Waals surface area contributed by atoms with Gasteiger partial charge in [-0.2, -0.15) is 0 Å². The van der Waals surface area contributed by atoms with E-state index in [0.29, 0.717) is 28.5 Å². The molecule has 1 saturated heterocycles. The van der Waals surface area contributed by atoms with Crippen LogP contribution < -0.4 is 17.0 Å². The minimum absolute atomic E-state index is 0.166. The summed E-state index contributed by atoms with van der Waals surface area (Å²) in [6.45, 7) is 5.75. The second-order valence-corrected chi connectivity index (χ2v) is 10.8. The van der Waals surface area contributed by atoms with E-state index in [2.05, 4.69) is 36.8 Å². The number of likely N-dealkylation sites (tertiary alicyclic amines) is 1. The Labute approximate surface area is 237 Å². The van der Waals surface area contributed by atoms with Crippen LogP contribution in [0.5, 0.6) is 0 Å². The van der Waals surface area contributed by atoms with Gasteiger partial charge < -0.3 is 25.7 Å². The number of hydrogen-bond acceptors (Lipinski definition) is 7. The van der Waals surface area contributed by atoms with Crippen molar-refractivity contribution in [3.63, 3.8) is 0 Å². The first-order chi connectivity index (χ1) is 17.7. The summed E-state index contributed by atoms with van der Waals surface area (Å²) in [4.78, 5) is 47.6. The van der Waals surface area contributed by atoms with Crippen LogP contribution in [-0.4, -0.2) is 68.3 Å². The molecule has 0 saturated carbocycles. The van der Waals surface area contributed by atoms with Gasteiger partial charge in [0.25, 0.3) is 5.91 Å². The van der Waals surface area contributed by atoms with Crippen LogP contribution in [0.15, 0.2) is 45.5 Å². The molecule has 210 valence electrons. The monoisotopic (exact) mass is 661 g/mol. The van der Waals surface area contributed by atoms with Crippen molar-refractivity contribution in [1.29, 1.82) is 0 Å². The van der Waals surface area contributed by atoms with E-state index in [0.717, 1.165) is 12.0 Å². The Kier molecular flexibility index (Phi) is 13.5. The number of hydrazine groups is 1. The molecule has 0 aliphatic carbocycles. The summed E-state index contributed by atoms with van der Waals surface area (Å²) in [5, 5.41) is 17.3. The number of aromatic nitrogens is 1. The number of carboxylic acids is 2. The van der Waals surface area contributed by atoms with Gasteiger partial charge in [0.15, 0.2) is 0 Å². The first-order valence-corrected chi connectivity index (χ1v) is 13.0.